The normalized spacial score (nSPS) is 12.0. The lowest BCUT2D eigenvalue weighted by atomic mass is 9.87. The second-order valence-corrected chi connectivity index (χ2v) is 8.25. The van der Waals surface area contributed by atoms with Crippen molar-refractivity contribution >= 4 is 0 Å². The Morgan fingerprint density at radius 2 is 1.44 bits per heavy atom. The van der Waals surface area contributed by atoms with Crippen LogP contribution < -0.4 is 18.9 Å². The van der Waals surface area contributed by atoms with E-state index in [1.54, 1.807) is 18.2 Å². The molecule has 0 bridgehead atoms. The van der Waals surface area contributed by atoms with Gasteiger partial charge >= 0.3 is 13.2 Å². The van der Waals surface area contributed by atoms with Gasteiger partial charge in [-0.15, -0.1) is 0 Å². The summed E-state index contributed by atoms with van der Waals surface area (Å²) in [4.78, 5) is 4.24. The molecule has 0 saturated heterocycles. The first-order valence-electron chi connectivity index (χ1n) is 11.4. The Balaban J connectivity index is 1.62. The molecule has 0 aliphatic rings. The summed E-state index contributed by atoms with van der Waals surface area (Å²) in [6.07, 6.45) is 4.34. The molecule has 1 unspecified atom stereocenters. The summed E-state index contributed by atoms with van der Waals surface area (Å²) in [5.41, 5.74) is 2.12. The van der Waals surface area contributed by atoms with E-state index in [2.05, 4.69) is 14.5 Å². The summed E-state index contributed by atoms with van der Waals surface area (Å²) in [5.74, 6) is -3.48. The minimum absolute atomic E-state index is 0.0773. The maximum atomic E-state index is 13.4. The van der Waals surface area contributed by atoms with E-state index in [1.807, 2.05) is 0 Å². The molecule has 204 valence electrons. The molecule has 2 aromatic heterocycles. The minimum Gasteiger partial charge on any atom is -0.619 e. The van der Waals surface area contributed by atoms with Crippen LogP contribution in [0.5, 0.6) is 17.4 Å². The molecule has 0 radical (unpaired) electrons. The van der Waals surface area contributed by atoms with Crippen LogP contribution in [0.25, 0.3) is 0 Å². The fraction of sp³-hybridized carbons (Fsp3) is 0.185. The van der Waals surface area contributed by atoms with Gasteiger partial charge in [-0.1, -0.05) is 18.2 Å². The van der Waals surface area contributed by atoms with E-state index in [0.717, 1.165) is 23.8 Å². The highest BCUT2D eigenvalue weighted by Gasteiger charge is 2.21. The molecule has 0 saturated carbocycles. The second kappa shape index (κ2) is 12.4. The van der Waals surface area contributed by atoms with Crippen molar-refractivity contribution in [2.45, 2.75) is 32.2 Å². The van der Waals surface area contributed by atoms with Crippen molar-refractivity contribution in [2.75, 3.05) is 0 Å². The van der Waals surface area contributed by atoms with Gasteiger partial charge in [0.05, 0.1) is 0 Å². The van der Waals surface area contributed by atoms with Gasteiger partial charge in [0.1, 0.15) is 6.61 Å². The lowest BCUT2D eigenvalue weighted by Crippen LogP contribution is -2.24. The Morgan fingerprint density at radius 3 is 2.08 bits per heavy atom. The molecular weight excluding hydrogens is 530 g/mol. The number of nitrogens with zero attached hydrogens (tertiary/aromatic N) is 2. The van der Waals surface area contributed by atoms with Crippen molar-refractivity contribution in [3.05, 3.63) is 118 Å². The Hall–Kier alpha value is -4.48. The Labute approximate surface area is 218 Å². The van der Waals surface area contributed by atoms with E-state index in [9.17, 15) is 31.5 Å². The molecule has 0 amide bonds. The maximum Gasteiger partial charge on any atom is 0.387 e. The Kier molecular flexibility index (Phi) is 8.74. The first-order valence-corrected chi connectivity index (χ1v) is 11.4. The fourth-order valence-corrected chi connectivity index (χ4v) is 3.84. The van der Waals surface area contributed by atoms with E-state index >= 15 is 0 Å². The third-order valence-corrected chi connectivity index (χ3v) is 5.65. The number of pyridine rings is 2. The van der Waals surface area contributed by atoms with Gasteiger partial charge < -0.3 is 19.4 Å². The number of benzene rings is 2. The predicted molar refractivity (Wildman–Crippen MR) is 126 cm³/mol. The van der Waals surface area contributed by atoms with E-state index in [1.165, 1.54) is 42.9 Å². The molecule has 0 aliphatic carbocycles. The van der Waals surface area contributed by atoms with Gasteiger partial charge in [0.2, 0.25) is 5.88 Å². The van der Waals surface area contributed by atoms with Gasteiger partial charge in [-0.25, -0.2) is 13.8 Å². The summed E-state index contributed by atoms with van der Waals surface area (Å²) in [6.45, 7) is -6.61. The van der Waals surface area contributed by atoms with Crippen LogP contribution in [0.1, 0.15) is 28.2 Å². The fourth-order valence-electron chi connectivity index (χ4n) is 3.84. The topological polar surface area (TPSA) is 67.5 Å². The number of alkyl halides is 4. The van der Waals surface area contributed by atoms with Crippen molar-refractivity contribution in [2.24, 2.45) is 0 Å². The largest absolute Gasteiger partial charge is 0.619 e. The SMILES string of the molecule is [O-][n+]1ccc(CC(c2ccc(OCc3ccc(F)c(F)c3)nc2)c2ccc(OC(F)F)c(OC(F)F)c2)cc1. The monoisotopic (exact) mass is 550 g/mol. The zero-order valence-corrected chi connectivity index (χ0v) is 19.9. The molecule has 4 rings (SSSR count). The summed E-state index contributed by atoms with van der Waals surface area (Å²) >= 11 is 0. The van der Waals surface area contributed by atoms with Crippen molar-refractivity contribution in [1.82, 2.24) is 4.98 Å². The highest BCUT2D eigenvalue weighted by molar-refractivity contribution is 5.47. The van der Waals surface area contributed by atoms with Gasteiger partial charge in [-0.3, -0.25) is 0 Å². The third kappa shape index (κ3) is 7.53. The van der Waals surface area contributed by atoms with Gasteiger partial charge in [-0.2, -0.15) is 22.3 Å². The van der Waals surface area contributed by atoms with Crippen LogP contribution >= 0.6 is 0 Å². The summed E-state index contributed by atoms with van der Waals surface area (Å²) < 4.78 is 93.0. The van der Waals surface area contributed by atoms with E-state index in [0.29, 0.717) is 21.4 Å². The molecule has 0 N–H and O–H groups in total. The molecule has 6 nitrogen and oxygen atoms in total. The van der Waals surface area contributed by atoms with Crippen molar-refractivity contribution in [3.8, 4) is 17.4 Å². The van der Waals surface area contributed by atoms with Crippen LogP contribution in [0.2, 0.25) is 0 Å². The smallest absolute Gasteiger partial charge is 0.387 e. The average molecular weight is 550 g/mol. The Bertz CT molecular complexity index is 1390. The third-order valence-electron chi connectivity index (χ3n) is 5.65. The lowest BCUT2D eigenvalue weighted by molar-refractivity contribution is -0.605. The molecule has 1 atom stereocenters. The number of ether oxygens (including phenoxy) is 3. The first-order chi connectivity index (χ1) is 18.7. The zero-order valence-electron chi connectivity index (χ0n) is 19.9. The lowest BCUT2D eigenvalue weighted by Gasteiger charge is -2.20. The van der Waals surface area contributed by atoms with Crippen LogP contribution in [0, 0.1) is 16.8 Å². The van der Waals surface area contributed by atoms with Crippen LogP contribution in [0.4, 0.5) is 26.3 Å². The van der Waals surface area contributed by atoms with Crippen molar-refractivity contribution < 1.29 is 45.3 Å². The summed E-state index contributed by atoms with van der Waals surface area (Å²) in [7, 11) is 0. The van der Waals surface area contributed by atoms with Gasteiger partial charge in [-0.05, 0) is 52.9 Å². The van der Waals surface area contributed by atoms with Crippen molar-refractivity contribution in [1.29, 1.82) is 0 Å². The van der Waals surface area contributed by atoms with Crippen LogP contribution in [0.3, 0.4) is 0 Å². The molecular formula is C27H20F6N2O4. The number of rotatable bonds is 11. The highest BCUT2D eigenvalue weighted by Crippen LogP contribution is 2.37. The molecule has 2 aromatic carbocycles. The van der Waals surface area contributed by atoms with Gasteiger partial charge in [0.15, 0.2) is 35.5 Å². The molecule has 0 spiro atoms. The quantitative estimate of drug-likeness (QED) is 0.127. The second-order valence-electron chi connectivity index (χ2n) is 8.25. The number of aromatic nitrogens is 2. The number of hydrogen-bond donors (Lipinski definition) is 0. The maximum absolute atomic E-state index is 13.4. The zero-order chi connectivity index (χ0) is 27.9. The van der Waals surface area contributed by atoms with E-state index in [-0.39, 0.29) is 18.9 Å². The first kappa shape index (κ1) is 27.6. The van der Waals surface area contributed by atoms with Gasteiger partial charge in [0, 0.05) is 30.3 Å². The number of halogens is 6. The highest BCUT2D eigenvalue weighted by atomic mass is 19.3. The molecule has 4 aromatic rings. The predicted octanol–water partition coefficient (Wildman–Crippen LogP) is 6.15. The van der Waals surface area contributed by atoms with Gasteiger partial charge in [0.25, 0.3) is 0 Å². The summed E-state index contributed by atoms with van der Waals surface area (Å²) in [6, 6.07) is 13.4. The van der Waals surface area contributed by atoms with E-state index < -0.39 is 42.3 Å². The van der Waals surface area contributed by atoms with Crippen LogP contribution in [-0.2, 0) is 13.0 Å². The molecule has 12 heteroatoms. The molecule has 39 heavy (non-hydrogen) atoms. The summed E-state index contributed by atoms with van der Waals surface area (Å²) in [5, 5.41) is 11.4. The average Bonchev–Trinajstić information content (AvgIpc) is 2.90. The van der Waals surface area contributed by atoms with E-state index in [4.69, 9.17) is 4.74 Å². The van der Waals surface area contributed by atoms with Crippen LogP contribution in [0.15, 0.2) is 79.3 Å². The van der Waals surface area contributed by atoms with Crippen LogP contribution in [-0.4, -0.2) is 18.2 Å². The van der Waals surface area contributed by atoms with Crippen molar-refractivity contribution in [3.63, 3.8) is 0 Å². The minimum atomic E-state index is -3.28. The standard InChI is InChI=1S/C27H20F6N2O4/c28-21-4-1-17(12-22(21)29)15-37-25-6-3-19(14-34-25)20(11-16-7-9-35(36)10-8-16)18-2-5-23(38-26(30)31)24(13-18)39-27(32)33/h1-10,12-14,20,26-27H,11,15H2. The molecule has 2 heterocycles. The number of hydrogen-bond acceptors (Lipinski definition) is 5. The molecule has 0 fully saturated rings. The molecule has 0 aliphatic heterocycles. The Morgan fingerprint density at radius 1 is 0.744 bits per heavy atom.